The van der Waals surface area contributed by atoms with Gasteiger partial charge in [-0.05, 0) is 5.31 Å². The summed E-state index contributed by atoms with van der Waals surface area (Å²) in [5.74, 6) is 0.112. The summed E-state index contributed by atoms with van der Waals surface area (Å²) >= 11 is 2.35. The summed E-state index contributed by atoms with van der Waals surface area (Å²) in [6.45, 7) is 6.82. The molecule has 1 unspecified atom stereocenters. The van der Waals surface area contributed by atoms with Crippen LogP contribution in [0.2, 0.25) is 5.31 Å². The molecule has 1 heterocycles. The lowest BCUT2D eigenvalue weighted by Crippen LogP contribution is -2.50. The van der Waals surface area contributed by atoms with Crippen LogP contribution in [-0.2, 0) is 4.79 Å². The average molecular weight is 306 g/mol. The molecule has 1 rings (SSSR count). The van der Waals surface area contributed by atoms with Crippen molar-refractivity contribution >= 4 is 36.2 Å². The van der Waals surface area contributed by atoms with E-state index in [0.717, 1.165) is 19.6 Å². The first kappa shape index (κ1) is 12.5. The monoisotopic (exact) mass is 306 g/mol. The maximum absolute atomic E-state index is 11.7. The molecule has 0 bridgehead atoms. The van der Waals surface area contributed by atoms with Crippen molar-refractivity contribution < 1.29 is 4.79 Å². The molecule has 78 valence electrons. The smallest absolute Gasteiger partial charge is 0.143 e. The second-order valence-electron chi connectivity index (χ2n) is 4.25. The number of Topliss-reactive ketones (excluding diaryl/α,β-unsaturated/α-hetero) is 1. The van der Waals surface area contributed by atoms with Crippen LogP contribution in [0.5, 0.6) is 0 Å². The minimum absolute atomic E-state index is 0.112. The average Bonchev–Trinajstić information content (AvgIpc) is 2.07. The molecule has 1 aliphatic heterocycles. The van der Waals surface area contributed by atoms with Gasteiger partial charge in [-0.25, -0.2) is 0 Å². The molecule has 0 amide bonds. The number of rotatable bonds is 3. The zero-order valence-electron chi connectivity index (χ0n) is 8.72. The van der Waals surface area contributed by atoms with Gasteiger partial charge in [-0.2, -0.15) is 0 Å². The molecule has 2 radical (unpaired) electrons. The number of carbonyl (C=O) groups is 1. The van der Waals surface area contributed by atoms with E-state index >= 15 is 0 Å². The van der Waals surface area contributed by atoms with Crippen molar-refractivity contribution in [2.24, 2.45) is 0 Å². The molecule has 0 spiro atoms. The SMILES string of the molecule is [B]C(C)(C)C(=O)CN1CCNCC1I. The predicted molar refractivity (Wildman–Crippen MR) is 67.1 cm³/mol. The number of ketones is 1. The Bertz CT molecular complexity index is 217. The normalized spacial score (nSPS) is 24.9. The van der Waals surface area contributed by atoms with Crippen LogP contribution in [0.1, 0.15) is 13.8 Å². The van der Waals surface area contributed by atoms with Crippen molar-refractivity contribution in [3.63, 3.8) is 0 Å². The minimum atomic E-state index is -0.707. The number of alkyl halides is 1. The van der Waals surface area contributed by atoms with Crippen LogP contribution in [0.4, 0.5) is 0 Å². The van der Waals surface area contributed by atoms with Gasteiger partial charge in [0.15, 0.2) is 0 Å². The molecule has 0 aromatic carbocycles. The van der Waals surface area contributed by atoms with Crippen molar-refractivity contribution in [3.8, 4) is 0 Å². The van der Waals surface area contributed by atoms with E-state index in [2.05, 4.69) is 32.8 Å². The summed E-state index contributed by atoms with van der Waals surface area (Å²) in [5, 5.41) is 2.58. The molecule has 0 aromatic heterocycles. The molecule has 1 aliphatic rings. The summed E-state index contributed by atoms with van der Waals surface area (Å²) in [6.07, 6.45) is 0. The largest absolute Gasteiger partial charge is 0.313 e. The molecule has 0 saturated carbocycles. The number of piperazine rings is 1. The number of halogens is 1. The fraction of sp³-hybridized carbons (Fsp3) is 0.889. The van der Waals surface area contributed by atoms with E-state index in [1.165, 1.54) is 0 Å². The van der Waals surface area contributed by atoms with Crippen LogP contribution >= 0.6 is 22.6 Å². The summed E-state index contributed by atoms with van der Waals surface area (Å²) in [7, 11) is 5.75. The fourth-order valence-corrected chi connectivity index (χ4v) is 2.07. The Hall–Kier alpha value is 0.385. The number of nitrogens with one attached hydrogen (secondary N) is 1. The second-order valence-corrected chi connectivity index (χ2v) is 5.69. The van der Waals surface area contributed by atoms with Gasteiger partial charge in [0, 0.05) is 19.6 Å². The number of hydrogen-bond acceptors (Lipinski definition) is 3. The Balaban J connectivity index is 2.46. The molecule has 1 N–H and O–H groups in total. The lowest BCUT2D eigenvalue weighted by molar-refractivity contribution is -0.122. The summed E-state index contributed by atoms with van der Waals surface area (Å²) < 4.78 is 0.396. The molecule has 1 atom stereocenters. The highest BCUT2D eigenvalue weighted by atomic mass is 127. The zero-order chi connectivity index (χ0) is 10.8. The Morgan fingerprint density at radius 3 is 2.86 bits per heavy atom. The van der Waals surface area contributed by atoms with Gasteiger partial charge in [0.1, 0.15) is 5.78 Å². The maximum Gasteiger partial charge on any atom is 0.143 e. The van der Waals surface area contributed by atoms with E-state index in [9.17, 15) is 4.79 Å². The van der Waals surface area contributed by atoms with E-state index in [1.807, 2.05) is 0 Å². The third kappa shape index (κ3) is 3.51. The first-order valence-electron chi connectivity index (χ1n) is 4.82. The Morgan fingerprint density at radius 2 is 2.36 bits per heavy atom. The van der Waals surface area contributed by atoms with Gasteiger partial charge >= 0.3 is 0 Å². The van der Waals surface area contributed by atoms with Crippen LogP contribution in [0.3, 0.4) is 0 Å². The van der Waals surface area contributed by atoms with Crippen molar-refractivity contribution in [2.45, 2.75) is 23.2 Å². The molecule has 5 heteroatoms. The number of carbonyl (C=O) groups excluding carboxylic acids is 1. The third-order valence-electron chi connectivity index (χ3n) is 2.35. The Morgan fingerprint density at radius 1 is 1.71 bits per heavy atom. The lowest BCUT2D eigenvalue weighted by Gasteiger charge is -2.33. The predicted octanol–water partition coefficient (Wildman–Crippen LogP) is 0.589. The van der Waals surface area contributed by atoms with E-state index < -0.39 is 5.31 Å². The first-order valence-corrected chi connectivity index (χ1v) is 6.07. The van der Waals surface area contributed by atoms with Gasteiger partial charge < -0.3 is 5.32 Å². The van der Waals surface area contributed by atoms with Crippen LogP contribution in [0.25, 0.3) is 0 Å². The fourth-order valence-electron chi connectivity index (χ4n) is 1.28. The van der Waals surface area contributed by atoms with Crippen LogP contribution in [-0.4, -0.2) is 48.8 Å². The zero-order valence-corrected chi connectivity index (χ0v) is 10.9. The van der Waals surface area contributed by atoms with Gasteiger partial charge in [-0.3, -0.25) is 9.69 Å². The van der Waals surface area contributed by atoms with E-state index in [1.54, 1.807) is 13.8 Å². The molecule has 3 nitrogen and oxygen atoms in total. The van der Waals surface area contributed by atoms with Gasteiger partial charge in [0.05, 0.1) is 18.4 Å². The highest BCUT2D eigenvalue weighted by molar-refractivity contribution is 14.1. The van der Waals surface area contributed by atoms with Crippen molar-refractivity contribution in [3.05, 3.63) is 0 Å². The lowest BCUT2D eigenvalue weighted by atomic mass is 9.69. The molecule has 0 aromatic rings. The molecule has 1 fully saturated rings. The summed E-state index contributed by atoms with van der Waals surface area (Å²) in [5.41, 5.74) is 0. The standard InChI is InChI=1S/C9H16BIN2O/c1-9(2,10)7(14)6-13-4-3-12-5-8(13)11/h8,12H,3-6H2,1-2H3. The molecule has 0 aliphatic carbocycles. The van der Waals surface area contributed by atoms with Crippen molar-refractivity contribution in [1.29, 1.82) is 0 Å². The second kappa shape index (κ2) is 4.94. The number of nitrogens with zero attached hydrogens (tertiary/aromatic N) is 1. The summed E-state index contributed by atoms with van der Waals surface area (Å²) in [6, 6.07) is 0. The minimum Gasteiger partial charge on any atom is -0.313 e. The molecule has 14 heavy (non-hydrogen) atoms. The summed E-state index contributed by atoms with van der Waals surface area (Å²) in [4.78, 5) is 13.9. The van der Waals surface area contributed by atoms with E-state index in [4.69, 9.17) is 7.85 Å². The van der Waals surface area contributed by atoms with Gasteiger partial charge in [0.25, 0.3) is 0 Å². The van der Waals surface area contributed by atoms with E-state index in [-0.39, 0.29) is 5.78 Å². The van der Waals surface area contributed by atoms with Gasteiger partial charge in [0.2, 0.25) is 0 Å². The molecular weight excluding hydrogens is 290 g/mol. The van der Waals surface area contributed by atoms with Crippen LogP contribution < -0.4 is 5.32 Å². The first-order chi connectivity index (χ1) is 6.41. The van der Waals surface area contributed by atoms with E-state index in [0.29, 0.717) is 10.6 Å². The third-order valence-corrected chi connectivity index (χ3v) is 3.58. The maximum atomic E-state index is 11.7. The molecular formula is C9H16BIN2O. The Kier molecular flexibility index (Phi) is 4.40. The van der Waals surface area contributed by atoms with Crippen molar-refractivity contribution in [1.82, 2.24) is 10.2 Å². The topological polar surface area (TPSA) is 32.3 Å². The van der Waals surface area contributed by atoms with Crippen LogP contribution in [0, 0.1) is 0 Å². The van der Waals surface area contributed by atoms with Gasteiger partial charge in [-0.1, -0.05) is 36.4 Å². The van der Waals surface area contributed by atoms with Gasteiger partial charge in [-0.15, -0.1) is 0 Å². The van der Waals surface area contributed by atoms with Crippen LogP contribution in [0.15, 0.2) is 0 Å². The molecule has 1 saturated heterocycles. The van der Waals surface area contributed by atoms with Crippen molar-refractivity contribution in [2.75, 3.05) is 26.2 Å². The highest BCUT2D eigenvalue weighted by Crippen LogP contribution is 2.21. The number of hydrogen-bond donors (Lipinski definition) is 1. The Labute approximate surface area is 101 Å². The quantitative estimate of drug-likeness (QED) is 0.358. The highest BCUT2D eigenvalue weighted by Gasteiger charge is 2.26.